The molecule has 2 aromatic carbocycles. The van der Waals surface area contributed by atoms with E-state index in [1.807, 2.05) is 18.2 Å². The molecule has 0 bridgehead atoms. The fraction of sp³-hybridized carbons (Fsp3) is 0.250. The van der Waals surface area contributed by atoms with Crippen molar-refractivity contribution in [3.63, 3.8) is 0 Å². The van der Waals surface area contributed by atoms with Crippen LogP contribution in [-0.2, 0) is 17.1 Å². The molecular formula is C16H18Cl2OSi. The molecule has 0 heterocycles. The first-order chi connectivity index (χ1) is 9.48. The van der Waals surface area contributed by atoms with Crippen LogP contribution >= 0.6 is 23.2 Å². The molecule has 0 aliphatic carbocycles. The van der Waals surface area contributed by atoms with Gasteiger partial charge < -0.3 is 4.43 Å². The summed E-state index contributed by atoms with van der Waals surface area (Å²) in [7, 11) is -1.77. The summed E-state index contributed by atoms with van der Waals surface area (Å²) in [4.78, 5) is 0. The fourth-order valence-corrected chi connectivity index (χ4v) is 4.31. The molecule has 2 aromatic rings. The minimum Gasteiger partial charge on any atom is -0.413 e. The Kier molecular flexibility index (Phi) is 5.27. The van der Waals surface area contributed by atoms with Crippen molar-refractivity contribution in [1.82, 2.24) is 0 Å². The minimum atomic E-state index is -1.77. The van der Waals surface area contributed by atoms with Crippen LogP contribution in [0.2, 0.25) is 23.1 Å². The Morgan fingerprint density at radius 3 is 2.35 bits per heavy atom. The monoisotopic (exact) mass is 324 g/mol. The van der Waals surface area contributed by atoms with Gasteiger partial charge in [0.05, 0.1) is 16.7 Å². The van der Waals surface area contributed by atoms with Gasteiger partial charge in [-0.2, -0.15) is 0 Å². The molecule has 0 aromatic heterocycles. The van der Waals surface area contributed by atoms with Crippen LogP contribution in [0.5, 0.6) is 0 Å². The molecule has 0 atom stereocenters. The normalized spacial score (nSPS) is 11.6. The minimum absolute atomic E-state index is 0.519. The predicted octanol–water partition coefficient (Wildman–Crippen LogP) is 5.50. The van der Waals surface area contributed by atoms with Gasteiger partial charge in [-0.15, -0.1) is 0 Å². The van der Waals surface area contributed by atoms with Crippen molar-refractivity contribution >= 4 is 31.5 Å². The maximum absolute atomic E-state index is 6.19. The number of hydrogen-bond donors (Lipinski definition) is 0. The molecule has 1 nitrogen and oxygen atoms in total. The van der Waals surface area contributed by atoms with Crippen LogP contribution in [0.3, 0.4) is 0 Å². The van der Waals surface area contributed by atoms with Gasteiger partial charge in [0.1, 0.15) is 0 Å². The zero-order chi connectivity index (χ0) is 14.6. The van der Waals surface area contributed by atoms with E-state index in [9.17, 15) is 0 Å². The zero-order valence-electron chi connectivity index (χ0n) is 11.7. The van der Waals surface area contributed by atoms with Gasteiger partial charge in [-0.1, -0.05) is 65.7 Å². The molecule has 0 N–H and O–H groups in total. The Bertz CT molecular complexity index is 570. The van der Waals surface area contributed by atoms with E-state index >= 15 is 0 Å². The van der Waals surface area contributed by atoms with Gasteiger partial charge >= 0.3 is 0 Å². The maximum atomic E-state index is 6.19. The van der Waals surface area contributed by atoms with Gasteiger partial charge in [-0.3, -0.25) is 0 Å². The van der Waals surface area contributed by atoms with Gasteiger partial charge in [0, 0.05) is 0 Å². The van der Waals surface area contributed by atoms with Crippen LogP contribution in [0.1, 0.15) is 11.1 Å². The Labute approximate surface area is 131 Å². The molecule has 0 saturated heterocycles. The number of hydrogen-bond acceptors (Lipinski definition) is 1. The third-order valence-corrected chi connectivity index (χ3v) is 6.17. The summed E-state index contributed by atoms with van der Waals surface area (Å²) in [6.45, 7) is 4.96. The Morgan fingerprint density at radius 2 is 1.65 bits per heavy atom. The van der Waals surface area contributed by atoms with Crippen LogP contribution in [0.25, 0.3) is 0 Å². The number of halogens is 2. The largest absolute Gasteiger partial charge is 0.413 e. The van der Waals surface area contributed by atoms with Crippen molar-refractivity contribution in [2.75, 3.05) is 0 Å². The van der Waals surface area contributed by atoms with E-state index in [0.717, 1.165) is 11.6 Å². The zero-order valence-corrected chi connectivity index (χ0v) is 14.2. The molecular weight excluding hydrogens is 307 g/mol. The highest BCUT2D eigenvalue weighted by atomic mass is 35.5. The molecule has 0 unspecified atom stereocenters. The lowest BCUT2D eigenvalue weighted by Gasteiger charge is -2.23. The van der Waals surface area contributed by atoms with E-state index in [-0.39, 0.29) is 0 Å². The third-order valence-electron chi connectivity index (χ3n) is 3.12. The highest BCUT2D eigenvalue weighted by molar-refractivity contribution is 6.70. The highest BCUT2D eigenvalue weighted by Gasteiger charge is 2.23. The first-order valence-corrected chi connectivity index (χ1v) is 10.5. The summed E-state index contributed by atoms with van der Waals surface area (Å²) >= 11 is 12.2. The summed E-state index contributed by atoms with van der Waals surface area (Å²) in [5.74, 6) is 0. The highest BCUT2D eigenvalue weighted by Crippen LogP contribution is 2.27. The van der Waals surface area contributed by atoms with Gasteiger partial charge in [0.25, 0.3) is 0 Å². The lowest BCUT2D eigenvalue weighted by molar-refractivity contribution is 0.294. The van der Waals surface area contributed by atoms with Crippen LogP contribution in [0.4, 0.5) is 0 Å². The molecule has 4 heteroatoms. The summed E-state index contributed by atoms with van der Waals surface area (Å²) in [6.07, 6.45) is 0. The van der Waals surface area contributed by atoms with E-state index in [4.69, 9.17) is 27.6 Å². The first kappa shape index (κ1) is 15.6. The Balaban J connectivity index is 2.00. The van der Waals surface area contributed by atoms with Crippen molar-refractivity contribution in [2.24, 2.45) is 0 Å². The average Bonchev–Trinajstić information content (AvgIpc) is 2.41. The number of benzene rings is 2. The van der Waals surface area contributed by atoms with Crippen LogP contribution < -0.4 is 0 Å². The molecule has 2 rings (SSSR count). The van der Waals surface area contributed by atoms with E-state index in [1.165, 1.54) is 5.56 Å². The van der Waals surface area contributed by atoms with Crippen LogP contribution in [0, 0.1) is 0 Å². The van der Waals surface area contributed by atoms with Crippen molar-refractivity contribution in [1.29, 1.82) is 0 Å². The first-order valence-electron chi connectivity index (χ1n) is 6.59. The van der Waals surface area contributed by atoms with Gasteiger partial charge in [0.15, 0.2) is 8.32 Å². The molecule has 0 aliphatic rings. The molecule has 106 valence electrons. The second-order valence-electron chi connectivity index (χ2n) is 5.42. The van der Waals surface area contributed by atoms with E-state index in [1.54, 1.807) is 6.07 Å². The van der Waals surface area contributed by atoms with Crippen molar-refractivity contribution in [2.45, 2.75) is 25.7 Å². The summed E-state index contributed by atoms with van der Waals surface area (Å²) < 4.78 is 6.15. The molecule has 0 amide bonds. The lowest BCUT2D eigenvalue weighted by Crippen LogP contribution is -2.33. The van der Waals surface area contributed by atoms with Crippen LogP contribution in [-0.4, -0.2) is 8.32 Å². The van der Waals surface area contributed by atoms with E-state index < -0.39 is 8.32 Å². The third kappa shape index (κ3) is 4.35. The molecule has 0 fully saturated rings. The van der Waals surface area contributed by atoms with Crippen molar-refractivity contribution in [3.8, 4) is 0 Å². The smallest absolute Gasteiger partial charge is 0.191 e. The molecule has 0 spiro atoms. The van der Waals surface area contributed by atoms with Crippen molar-refractivity contribution < 1.29 is 4.43 Å². The SMILES string of the molecule is C[Si](C)(Cc1ccccc1)OCc1cccc(Cl)c1Cl. The summed E-state index contributed by atoms with van der Waals surface area (Å²) in [5, 5.41) is 1.17. The van der Waals surface area contributed by atoms with Gasteiger partial charge in [0.2, 0.25) is 0 Å². The maximum Gasteiger partial charge on any atom is 0.191 e. The Morgan fingerprint density at radius 1 is 0.950 bits per heavy atom. The topological polar surface area (TPSA) is 9.23 Å². The van der Waals surface area contributed by atoms with Crippen molar-refractivity contribution in [3.05, 3.63) is 69.7 Å². The van der Waals surface area contributed by atoms with E-state index in [2.05, 4.69) is 37.4 Å². The molecule has 0 saturated carbocycles. The van der Waals surface area contributed by atoms with Crippen LogP contribution in [0.15, 0.2) is 48.5 Å². The van der Waals surface area contributed by atoms with E-state index in [0.29, 0.717) is 16.7 Å². The quantitative estimate of drug-likeness (QED) is 0.660. The fourth-order valence-electron chi connectivity index (χ4n) is 2.07. The standard InChI is InChI=1S/C16H18Cl2OSi/c1-20(2,12-13-7-4-3-5-8-13)19-11-14-9-6-10-15(17)16(14)18/h3-10H,11-12H2,1-2H3. The molecule has 0 radical (unpaired) electrons. The molecule has 20 heavy (non-hydrogen) atoms. The Hall–Kier alpha value is -0.803. The average molecular weight is 325 g/mol. The number of rotatable bonds is 5. The second-order valence-corrected chi connectivity index (χ2v) is 10.4. The molecule has 0 aliphatic heterocycles. The summed E-state index contributed by atoms with van der Waals surface area (Å²) in [6, 6.07) is 17.1. The summed E-state index contributed by atoms with van der Waals surface area (Å²) in [5.41, 5.74) is 2.27. The van der Waals surface area contributed by atoms with Gasteiger partial charge in [-0.25, -0.2) is 0 Å². The lowest BCUT2D eigenvalue weighted by atomic mass is 10.2. The van der Waals surface area contributed by atoms with Gasteiger partial charge in [-0.05, 0) is 36.3 Å². The predicted molar refractivity (Wildman–Crippen MR) is 88.9 cm³/mol. The second kappa shape index (κ2) is 6.77.